The van der Waals surface area contributed by atoms with E-state index in [1.807, 2.05) is 0 Å². The van der Waals surface area contributed by atoms with E-state index < -0.39 is 139 Å². The van der Waals surface area contributed by atoms with Crippen molar-refractivity contribution in [3.05, 3.63) is 93.3 Å². The average molecular weight is 854 g/mol. The zero-order valence-corrected chi connectivity index (χ0v) is 31.2. The summed E-state index contributed by atoms with van der Waals surface area (Å²) in [5.74, 6) is -47.9. The molecule has 3 N–H and O–H groups in total. The van der Waals surface area contributed by atoms with Crippen molar-refractivity contribution in [1.82, 2.24) is 9.80 Å². The zero-order chi connectivity index (χ0) is 44.7. The molecule has 6 nitrogen and oxygen atoms in total. The zero-order valence-electron chi connectivity index (χ0n) is 31.2. The van der Waals surface area contributed by atoms with Gasteiger partial charge in [-0.2, -0.15) is 0 Å². The van der Waals surface area contributed by atoms with E-state index in [0.29, 0.717) is 0 Å². The summed E-state index contributed by atoms with van der Waals surface area (Å²) in [7, 11) is -3.34. The lowest BCUT2D eigenvalue weighted by Gasteiger charge is -2.23. The fourth-order valence-electron chi connectivity index (χ4n) is 5.37. The number of aromatic hydroxyl groups is 1. The second kappa shape index (κ2) is 20.8. The van der Waals surface area contributed by atoms with Crippen LogP contribution in [-0.2, 0) is 0 Å². The Morgan fingerprint density at radius 1 is 0.397 bits per heavy atom. The van der Waals surface area contributed by atoms with Gasteiger partial charge in [0.2, 0.25) is 17.5 Å². The van der Waals surface area contributed by atoms with Gasteiger partial charge in [0, 0.05) is 16.7 Å². The number of phenolic OH excluding ortho intramolecular Hbond substituents is 1. The molecular formula is C36H34BF15N2O4. The molecule has 0 spiro atoms. The van der Waals surface area contributed by atoms with Crippen LogP contribution in [0.2, 0.25) is 0 Å². The molecule has 0 saturated carbocycles. The lowest BCUT2D eigenvalue weighted by Crippen LogP contribution is -2.21. The molecule has 4 rings (SSSR count). The summed E-state index contributed by atoms with van der Waals surface area (Å²) >= 11 is 0. The van der Waals surface area contributed by atoms with Crippen LogP contribution in [0.25, 0.3) is 33.4 Å². The highest BCUT2D eigenvalue weighted by Crippen LogP contribution is 2.54. The molecular weight excluding hydrogens is 820 g/mol. The van der Waals surface area contributed by atoms with Crippen molar-refractivity contribution in [2.45, 2.75) is 41.5 Å². The Morgan fingerprint density at radius 2 is 0.638 bits per heavy atom. The first-order chi connectivity index (χ1) is 27.1. The summed E-state index contributed by atoms with van der Waals surface area (Å²) in [6.07, 6.45) is 0. The highest BCUT2D eigenvalue weighted by atomic mass is 19.2. The van der Waals surface area contributed by atoms with E-state index in [4.69, 9.17) is 0 Å². The van der Waals surface area contributed by atoms with Crippen LogP contribution in [0.1, 0.15) is 41.5 Å². The van der Waals surface area contributed by atoms with E-state index in [1.54, 1.807) is 0 Å². The predicted octanol–water partition coefficient (Wildman–Crippen LogP) is 9.52. The minimum atomic E-state index is -3.34. The van der Waals surface area contributed by atoms with Crippen LogP contribution in [0, 0.1) is 87.3 Å². The SMILES string of the molecule is CCN(CC)CC.CCN(CC)CC.OB(O)Oc1cc(-c2c(F)c(F)c(F)c(F)c2F)c(O)c(-c2c(F)c(F)c(F)c(F)c2F)c1-c1c(F)c(F)c(F)c(F)c1F. The first kappa shape index (κ1) is 49.5. The van der Waals surface area contributed by atoms with Crippen molar-refractivity contribution in [2.75, 3.05) is 39.3 Å². The molecule has 0 aliphatic carbocycles. The molecule has 0 radical (unpaired) electrons. The molecule has 4 aromatic rings. The van der Waals surface area contributed by atoms with Crippen LogP contribution in [-0.4, -0.2) is 71.5 Å². The van der Waals surface area contributed by atoms with Crippen molar-refractivity contribution in [1.29, 1.82) is 0 Å². The van der Waals surface area contributed by atoms with Gasteiger partial charge < -0.3 is 29.6 Å². The smallest absolute Gasteiger partial charge is 0.511 e. The Bertz CT molecular complexity index is 2010. The molecule has 320 valence electrons. The Hall–Kier alpha value is -4.67. The number of hydrogen-bond donors (Lipinski definition) is 3. The van der Waals surface area contributed by atoms with E-state index in [0.717, 1.165) is 0 Å². The van der Waals surface area contributed by atoms with Gasteiger partial charge in [0.25, 0.3) is 0 Å². The fraction of sp³-hybridized carbons (Fsp3) is 0.333. The van der Waals surface area contributed by atoms with E-state index in [-0.39, 0.29) is 6.07 Å². The molecule has 0 aromatic heterocycles. The molecule has 0 heterocycles. The van der Waals surface area contributed by atoms with E-state index in [2.05, 4.69) is 56.0 Å². The normalized spacial score (nSPS) is 11.1. The van der Waals surface area contributed by atoms with E-state index in [1.165, 1.54) is 39.3 Å². The standard InChI is InChI=1S/C24H4BF15O4.2C6H15N/c26-9-4(10(27)16(33)21(38)15(9)32)2-1-3(44-25(42)43)5(7-11(28)17(34)22(39)18(35)12(7)29)6(24(2)41)8-13(30)19(36)23(40)20(37)14(8)31;2*1-4-7(5-2)6-3/h1,41-43H;2*4-6H2,1-3H3. The highest BCUT2D eigenvalue weighted by molar-refractivity contribution is 6.34. The maximum absolute atomic E-state index is 15.0. The van der Waals surface area contributed by atoms with Gasteiger partial charge in [0.1, 0.15) is 11.5 Å². The summed E-state index contributed by atoms with van der Waals surface area (Å²) < 4.78 is 219. The summed E-state index contributed by atoms with van der Waals surface area (Å²) in [6.45, 7) is 20.2. The third-order valence-corrected chi connectivity index (χ3v) is 8.58. The largest absolute Gasteiger partial charge is 0.707 e. The Labute approximate surface area is 321 Å². The van der Waals surface area contributed by atoms with Crippen molar-refractivity contribution >= 4 is 7.32 Å². The van der Waals surface area contributed by atoms with Crippen LogP contribution >= 0.6 is 0 Å². The van der Waals surface area contributed by atoms with E-state index >= 15 is 0 Å². The first-order valence-corrected chi connectivity index (χ1v) is 17.0. The van der Waals surface area contributed by atoms with Gasteiger partial charge in [-0.05, 0) is 45.3 Å². The van der Waals surface area contributed by atoms with Gasteiger partial charge in [-0.1, -0.05) is 41.5 Å². The lowest BCUT2D eigenvalue weighted by molar-refractivity contribution is 0.288. The maximum Gasteiger partial charge on any atom is 0.707 e. The predicted molar refractivity (Wildman–Crippen MR) is 182 cm³/mol. The van der Waals surface area contributed by atoms with Crippen LogP contribution in [0.5, 0.6) is 11.5 Å². The minimum Gasteiger partial charge on any atom is -0.511 e. The van der Waals surface area contributed by atoms with Crippen molar-refractivity contribution in [3.63, 3.8) is 0 Å². The van der Waals surface area contributed by atoms with Crippen LogP contribution in [0.3, 0.4) is 0 Å². The summed E-state index contributed by atoms with van der Waals surface area (Å²) in [6, 6.07) is -0.310. The Morgan fingerprint density at radius 3 is 0.879 bits per heavy atom. The van der Waals surface area contributed by atoms with Gasteiger partial charge in [-0.3, -0.25) is 0 Å². The Balaban J connectivity index is 0.000000707. The van der Waals surface area contributed by atoms with Crippen molar-refractivity contribution in [2.24, 2.45) is 0 Å². The Kier molecular flexibility index (Phi) is 17.8. The fourth-order valence-corrected chi connectivity index (χ4v) is 5.37. The molecule has 0 bridgehead atoms. The second-order valence-electron chi connectivity index (χ2n) is 11.5. The lowest BCUT2D eigenvalue weighted by atomic mass is 9.86. The maximum atomic E-state index is 15.0. The number of hydrogen-bond acceptors (Lipinski definition) is 6. The molecule has 0 unspecified atom stereocenters. The number of benzene rings is 4. The molecule has 0 amide bonds. The highest BCUT2D eigenvalue weighted by Gasteiger charge is 2.39. The number of halogens is 15. The third-order valence-electron chi connectivity index (χ3n) is 8.58. The van der Waals surface area contributed by atoms with Gasteiger partial charge in [0.05, 0.1) is 16.7 Å². The van der Waals surface area contributed by atoms with E-state index in [9.17, 15) is 81.0 Å². The quantitative estimate of drug-likeness (QED) is 0.0605. The number of phenols is 1. The third kappa shape index (κ3) is 9.78. The van der Waals surface area contributed by atoms with Gasteiger partial charge in [-0.25, -0.2) is 65.9 Å². The average Bonchev–Trinajstić information content (AvgIpc) is 3.20. The summed E-state index contributed by atoms with van der Waals surface area (Å²) in [5.41, 5.74) is -13.8. The van der Waals surface area contributed by atoms with Gasteiger partial charge in [0.15, 0.2) is 69.8 Å². The molecule has 0 saturated heterocycles. The molecule has 0 aliphatic rings. The summed E-state index contributed by atoms with van der Waals surface area (Å²) in [5, 5.41) is 29.4. The number of rotatable bonds is 11. The molecule has 0 aliphatic heterocycles. The molecule has 0 atom stereocenters. The monoisotopic (exact) mass is 854 g/mol. The van der Waals surface area contributed by atoms with Crippen molar-refractivity contribution in [3.8, 4) is 44.9 Å². The topological polar surface area (TPSA) is 76.4 Å². The summed E-state index contributed by atoms with van der Waals surface area (Å²) in [4.78, 5) is 4.75. The molecule has 58 heavy (non-hydrogen) atoms. The first-order valence-electron chi connectivity index (χ1n) is 17.0. The second-order valence-corrected chi connectivity index (χ2v) is 11.5. The van der Waals surface area contributed by atoms with Gasteiger partial charge in [-0.15, -0.1) is 0 Å². The molecule has 4 aromatic carbocycles. The van der Waals surface area contributed by atoms with Gasteiger partial charge >= 0.3 is 7.32 Å². The number of nitrogens with zero attached hydrogens (tertiary/aromatic N) is 2. The van der Waals surface area contributed by atoms with Crippen molar-refractivity contribution < 1.29 is 85.7 Å². The van der Waals surface area contributed by atoms with Crippen LogP contribution in [0.15, 0.2) is 6.07 Å². The molecule has 0 fully saturated rings. The molecule has 22 heteroatoms. The van der Waals surface area contributed by atoms with Crippen LogP contribution < -0.4 is 4.65 Å². The van der Waals surface area contributed by atoms with Crippen LogP contribution in [0.4, 0.5) is 65.9 Å². The minimum absolute atomic E-state index is 0.310.